The molecule has 6 heteroatoms. The van der Waals surface area contributed by atoms with Crippen molar-refractivity contribution in [2.24, 2.45) is 11.7 Å². The van der Waals surface area contributed by atoms with E-state index in [0.717, 1.165) is 0 Å². The Balaban J connectivity index is 2.90. The molecule has 94 valence electrons. The van der Waals surface area contributed by atoms with Crippen LogP contribution in [0.3, 0.4) is 0 Å². The first-order valence-electron chi connectivity index (χ1n) is 5.32. The van der Waals surface area contributed by atoms with E-state index in [-0.39, 0.29) is 5.92 Å². The number of hydrogen-bond acceptors (Lipinski definition) is 5. The van der Waals surface area contributed by atoms with Gasteiger partial charge in [0.15, 0.2) is 0 Å². The molecule has 1 amide bonds. The number of carbonyl (C=O) groups is 1. The number of nitrogens with one attached hydrogen (secondary N) is 1. The second-order valence-corrected chi connectivity index (χ2v) is 4.06. The van der Waals surface area contributed by atoms with Gasteiger partial charge < -0.3 is 21.5 Å². The van der Waals surface area contributed by atoms with Crippen molar-refractivity contribution in [1.82, 2.24) is 4.98 Å². The van der Waals surface area contributed by atoms with E-state index in [0.29, 0.717) is 17.4 Å². The third-order valence-corrected chi connectivity index (χ3v) is 2.36. The summed E-state index contributed by atoms with van der Waals surface area (Å²) in [6.45, 7) is 3.80. The van der Waals surface area contributed by atoms with E-state index in [1.807, 2.05) is 13.8 Å². The molecule has 0 aromatic carbocycles. The fraction of sp³-hybridized carbons (Fsp3) is 0.455. The van der Waals surface area contributed by atoms with E-state index in [9.17, 15) is 4.79 Å². The molecule has 0 aliphatic heterocycles. The molecule has 1 rings (SSSR count). The summed E-state index contributed by atoms with van der Waals surface area (Å²) in [6.07, 6.45) is 0. The number of amides is 1. The smallest absolute Gasteiger partial charge is 0.240 e. The van der Waals surface area contributed by atoms with E-state index in [1.54, 1.807) is 12.1 Å². The zero-order valence-electron chi connectivity index (χ0n) is 10.2. The normalized spacial score (nSPS) is 12.2. The van der Waals surface area contributed by atoms with Gasteiger partial charge in [0.1, 0.15) is 11.9 Å². The summed E-state index contributed by atoms with van der Waals surface area (Å²) in [5, 5.41) is 2.96. The molecule has 0 saturated heterocycles. The molecule has 1 aromatic heterocycles. The molecule has 0 saturated carbocycles. The molecule has 1 aromatic rings. The maximum atomic E-state index is 11.2. The van der Waals surface area contributed by atoms with E-state index < -0.39 is 11.9 Å². The van der Waals surface area contributed by atoms with Crippen molar-refractivity contribution in [3.8, 4) is 5.88 Å². The molecule has 0 radical (unpaired) electrons. The van der Waals surface area contributed by atoms with Crippen LogP contribution in [0.15, 0.2) is 12.1 Å². The van der Waals surface area contributed by atoms with Gasteiger partial charge in [-0.2, -0.15) is 4.98 Å². The number of pyridine rings is 1. The molecule has 0 fully saturated rings. The molecule has 6 nitrogen and oxygen atoms in total. The third kappa shape index (κ3) is 3.24. The highest BCUT2D eigenvalue weighted by Gasteiger charge is 2.19. The lowest BCUT2D eigenvalue weighted by Gasteiger charge is -2.19. The van der Waals surface area contributed by atoms with Gasteiger partial charge in [-0.1, -0.05) is 13.8 Å². The zero-order chi connectivity index (χ0) is 13.0. The molecule has 0 aliphatic rings. The van der Waals surface area contributed by atoms with Crippen LogP contribution < -0.4 is 21.5 Å². The zero-order valence-corrected chi connectivity index (χ0v) is 10.2. The Kier molecular flexibility index (Phi) is 4.14. The van der Waals surface area contributed by atoms with Gasteiger partial charge in [-0.05, 0) is 18.1 Å². The minimum Gasteiger partial charge on any atom is -0.479 e. The van der Waals surface area contributed by atoms with Crippen molar-refractivity contribution in [2.45, 2.75) is 19.9 Å². The largest absolute Gasteiger partial charge is 0.479 e. The maximum Gasteiger partial charge on any atom is 0.240 e. The summed E-state index contributed by atoms with van der Waals surface area (Å²) in [5.41, 5.74) is 11.4. The predicted octanol–water partition coefficient (Wildman–Crippen LogP) is 0.594. The van der Waals surface area contributed by atoms with Crippen molar-refractivity contribution in [3.05, 3.63) is 12.1 Å². The number of nitrogens with zero attached hydrogens (tertiary/aromatic N) is 1. The van der Waals surface area contributed by atoms with Gasteiger partial charge in [0, 0.05) is 0 Å². The van der Waals surface area contributed by atoms with Crippen molar-refractivity contribution in [1.29, 1.82) is 0 Å². The number of ether oxygens (including phenoxy) is 1. The Hall–Kier alpha value is -1.98. The number of primary amides is 1. The van der Waals surface area contributed by atoms with Crippen LogP contribution in [-0.2, 0) is 4.79 Å². The van der Waals surface area contributed by atoms with Gasteiger partial charge in [-0.15, -0.1) is 0 Å². The number of methoxy groups -OCH3 is 1. The monoisotopic (exact) mass is 238 g/mol. The highest BCUT2D eigenvalue weighted by molar-refractivity contribution is 5.83. The average Bonchev–Trinajstić information content (AvgIpc) is 2.26. The minimum atomic E-state index is -0.476. The molecule has 0 aliphatic carbocycles. The summed E-state index contributed by atoms with van der Waals surface area (Å²) in [6, 6.07) is 2.86. The lowest BCUT2D eigenvalue weighted by atomic mass is 10.0. The first-order valence-corrected chi connectivity index (χ1v) is 5.32. The molecule has 1 heterocycles. The van der Waals surface area contributed by atoms with Gasteiger partial charge in [-0.3, -0.25) is 4.79 Å². The first-order chi connectivity index (χ1) is 7.95. The van der Waals surface area contributed by atoms with Crippen LogP contribution >= 0.6 is 0 Å². The molecular weight excluding hydrogens is 220 g/mol. The number of carbonyl (C=O) groups excluding carboxylic acids is 1. The van der Waals surface area contributed by atoms with E-state index in [1.165, 1.54) is 7.11 Å². The number of nitrogens with two attached hydrogens (primary N) is 2. The van der Waals surface area contributed by atoms with Gasteiger partial charge in [-0.25, -0.2) is 0 Å². The van der Waals surface area contributed by atoms with Crippen molar-refractivity contribution in [2.75, 3.05) is 18.2 Å². The molecule has 1 atom stereocenters. The molecule has 5 N–H and O–H groups in total. The number of anilines is 2. The summed E-state index contributed by atoms with van der Waals surface area (Å²) in [5.74, 6) is 0.478. The number of hydrogen-bond donors (Lipinski definition) is 3. The lowest BCUT2D eigenvalue weighted by Crippen LogP contribution is -2.39. The van der Waals surface area contributed by atoms with Crippen LogP contribution in [0.4, 0.5) is 11.5 Å². The molecule has 1 unspecified atom stereocenters. The summed E-state index contributed by atoms with van der Waals surface area (Å²) >= 11 is 0. The summed E-state index contributed by atoms with van der Waals surface area (Å²) < 4.78 is 5.00. The Labute approximate surface area is 100 Å². The standard InChI is InChI=1S/C11H18N4O2/c1-6(2)9(10(13)16)14-8-5-4-7(12)11(15-8)17-3/h4-6,9H,12H2,1-3H3,(H2,13,16)(H,14,15). The molecule has 17 heavy (non-hydrogen) atoms. The van der Waals surface area contributed by atoms with E-state index in [4.69, 9.17) is 16.2 Å². The van der Waals surface area contributed by atoms with Crippen LogP contribution in [0.5, 0.6) is 5.88 Å². The van der Waals surface area contributed by atoms with Gasteiger partial charge in [0.05, 0.1) is 12.8 Å². The fourth-order valence-corrected chi connectivity index (χ4v) is 1.42. The SMILES string of the molecule is COc1nc(NC(C(N)=O)C(C)C)ccc1N. The van der Waals surface area contributed by atoms with E-state index in [2.05, 4.69) is 10.3 Å². The number of rotatable bonds is 5. The van der Waals surface area contributed by atoms with Crippen LogP contribution in [0.2, 0.25) is 0 Å². The van der Waals surface area contributed by atoms with Gasteiger partial charge in [0.25, 0.3) is 0 Å². The summed E-state index contributed by atoms with van der Waals surface area (Å²) in [7, 11) is 1.48. The highest BCUT2D eigenvalue weighted by atomic mass is 16.5. The third-order valence-electron chi connectivity index (χ3n) is 2.36. The molecular formula is C11H18N4O2. The Morgan fingerprint density at radius 1 is 1.47 bits per heavy atom. The van der Waals surface area contributed by atoms with Crippen molar-refractivity contribution >= 4 is 17.4 Å². The lowest BCUT2D eigenvalue weighted by molar-refractivity contribution is -0.119. The quantitative estimate of drug-likeness (QED) is 0.696. The topological polar surface area (TPSA) is 103 Å². The second-order valence-electron chi connectivity index (χ2n) is 4.06. The number of aromatic nitrogens is 1. The van der Waals surface area contributed by atoms with Crippen LogP contribution in [0.1, 0.15) is 13.8 Å². The Bertz CT molecular complexity index is 406. The molecule has 0 bridgehead atoms. The van der Waals surface area contributed by atoms with Gasteiger partial charge in [0.2, 0.25) is 11.8 Å². The fourth-order valence-electron chi connectivity index (χ4n) is 1.42. The summed E-state index contributed by atoms with van der Waals surface area (Å²) in [4.78, 5) is 15.4. The van der Waals surface area contributed by atoms with Gasteiger partial charge >= 0.3 is 0 Å². The average molecular weight is 238 g/mol. The van der Waals surface area contributed by atoms with Crippen molar-refractivity contribution in [3.63, 3.8) is 0 Å². The maximum absolute atomic E-state index is 11.2. The van der Waals surface area contributed by atoms with Crippen LogP contribution in [-0.4, -0.2) is 24.0 Å². The van der Waals surface area contributed by atoms with Crippen LogP contribution in [0.25, 0.3) is 0 Å². The second kappa shape index (κ2) is 5.38. The van der Waals surface area contributed by atoms with E-state index >= 15 is 0 Å². The first kappa shape index (κ1) is 13.1. The Morgan fingerprint density at radius 2 is 2.12 bits per heavy atom. The molecule has 0 spiro atoms. The highest BCUT2D eigenvalue weighted by Crippen LogP contribution is 2.21. The number of nitrogen functional groups attached to an aromatic ring is 1. The van der Waals surface area contributed by atoms with Crippen LogP contribution in [0, 0.1) is 5.92 Å². The minimum absolute atomic E-state index is 0.0675. The van der Waals surface area contributed by atoms with Crippen molar-refractivity contribution < 1.29 is 9.53 Å². The predicted molar refractivity (Wildman–Crippen MR) is 66.6 cm³/mol. The Morgan fingerprint density at radius 3 is 2.59 bits per heavy atom.